The zero-order valence-electron chi connectivity index (χ0n) is 22.3. The van der Waals surface area contributed by atoms with Gasteiger partial charge < -0.3 is 20.4 Å². The molecule has 0 spiro atoms. The standard InChI is InChI=1S/C32H32FN3O3/c1-21(2)19-36-31(37)26-16-25(17-28(18-26)35-20-29-8-5-13-39-29)23-6-4-7-24(15-23)30(32(38)34-3)14-22-9-11-27(33)12-10-22/h4-18,21,35H,19-20H2,1-3H3,(H,34,38)(H,36,37). The number of likely N-dealkylation sites (N-methyl/N-ethyl adjacent to an activating group) is 1. The molecule has 2 amide bonds. The molecule has 39 heavy (non-hydrogen) atoms. The average Bonchev–Trinajstić information content (AvgIpc) is 3.48. The number of benzene rings is 3. The van der Waals surface area contributed by atoms with Crippen LogP contribution in [0.15, 0.2) is 89.5 Å². The number of hydrogen-bond acceptors (Lipinski definition) is 4. The van der Waals surface area contributed by atoms with Crippen LogP contribution in [0, 0.1) is 11.7 Å². The van der Waals surface area contributed by atoms with Crippen LogP contribution in [0.1, 0.15) is 41.1 Å². The summed E-state index contributed by atoms with van der Waals surface area (Å²) in [5.41, 5.74) is 4.76. The molecule has 0 saturated heterocycles. The van der Waals surface area contributed by atoms with E-state index in [9.17, 15) is 14.0 Å². The molecular weight excluding hydrogens is 493 g/mol. The Hall–Kier alpha value is -4.65. The maximum Gasteiger partial charge on any atom is 0.251 e. The van der Waals surface area contributed by atoms with Crippen LogP contribution in [-0.4, -0.2) is 25.4 Å². The molecule has 4 aromatic rings. The zero-order chi connectivity index (χ0) is 27.8. The van der Waals surface area contributed by atoms with Crippen LogP contribution in [0.25, 0.3) is 22.8 Å². The van der Waals surface area contributed by atoms with Gasteiger partial charge in [-0.2, -0.15) is 0 Å². The predicted octanol–water partition coefficient (Wildman–Crippen LogP) is 6.37. The second-order valence-corrected chi connectivity index (χ2v) is 9.61. The predicted molar refractivity (Wildman–Crippen MR) is 153 cm³/mol. The van der Waals surface area contributed by atoms with Crippen LogP contribution in [0.2, 0.25) is 0 Å². The van der Waals surface area contributed by atoms with Crippen molar-refractivity contribution >= 4 is 29.2 Å². The third-order valence-corrected chi connectivity index (χ3v) is 6.07. The van der Waals surface area contributed by atoms with E-state index in [2.05, 4.69) is 16.0 Å². The number of nitrogens with one attached hydrogen (secondary N) is 3. The van der Waals surface area contributed by atoms with Gasteiger partial charge in [0.2, 0.25) is 0 Å². The number of furan rings is 1. The summed E-state index contributed by atoms with van der Waals surface area (Å²) in [6.45, 7) is 5.12. The SMILES string of the molecule is CNC(=O)C(=Cc1ccc(F)cc1)c1cccc(-c2cc(NCc3ccco3)cc(C(=O)NCC(C)C)c2)c1. The summed E-state index contributed by atoms with van der Waals surface area (Å²) in [7, 11) is 1.57. The van der Waals surface area contributed by atoms with Gasteiger partial charge in [0.1, 0.15) is 11.6 Å². The van der Waals surface area contributed by atoms with E-state index in [1.807, 2.05) is 68.4 Å². The minimum atomic E-state index is -0.343. The molecule has 0 saturated carbocycles. The smallest absolute Gasteiger partial charge is 0.251 e. The second-order valence-electron chi connectivity index (χ2n) is 9.61. The van der Waals surface area contributed by atoms with Gasteiger partial charge in [0.25, 0.3) is 11.8 Å². The molecule has 7 heteroatoms. The topological polar surface area (TPSA) is 83.4 Å². The van der Waals surface area contributed by atoms with Gasteiger partial charge in [-0.1, -0.05) is 44.2 Å². The zero-order valence-corrected chi connectivity index (χ0v) is 22.3. The maximum atomic E-state index is 13.4. The monoisotopic (exact) mass is 525 g/mol. The molecule has 0 aliphatic heterocycles. The van der Waals surface area contributed by atoms with Crippen molar-refractivity contribution in [3.63, 3.8) is 0 Å². The first-order valence-corrected chi connectivity index (χ1v) is 12.8. The Labute approximate surface area is 227 Å². The van der Waals surface area contributed by atoms with Crippen LogP contribution in [0.5, 0.6) is 0 Å². The van der Waals surface area contributed by atoms with Gasteiger partial charge in [-0.25, -0.2) is 4.39 Å². The van der Waals surface area contributed by atoms with Crippen LogP contribution in [0.4, 0.5) is 10.1 Å². The summed E-state index contributed by atoms with van der Waals surface area (Å²) in [6.07, 6.45) is 3.34. The van der Waals surface area contributed by atoms with E-state index >= 15 is 0 Å². The molecule has 3 N–H and O–H groups in total. The summed E-state index contributed by atoms with van der Waals surface area (Å²) < 4.78 is 18.9. The summed E-state index contributed by atoms with van der Waals surface area (Å²) in [6, 6.07) is 22.9. The fraction of sp³-hybridized carbons (Fsp3) is 0.188. The molecule has 1 heterocycles. The number of carbonyl (C=O) groups excluding carboxylic acids is 2. The average molecular weight is 526 g/mol. The first-order valence-electron chi connectivity index (χ1n) is 12.8. The Kier molecular flexibility index (Phi) is 8.94. The fourth-order valence-corrected chi connectivity index (χ4v) is 4.04. The van der Waals surface area contributed by atoms with Crippen LogP contribution in [-0.2, 0) is 11.3 Å². The van der Waals surface area contributed by atoms with Crippen LogP contribution >= 0.6 is 0 Å². The molecule has 3 aromatic carbocycles. The van der Waals surface area contributed by atoms with E-state index in [0.29, 0.717) is 41.3 Å². The molecule has 1 aromatic heterocycles. The van der Waals surface area contributed by atoms with Crippen LogP contribution in [0.3, 0.4) is 0 Å². The Balaban J connectivity index is 1.72. The number of carbonyl (C=O) groups is 2. The third kappa shape index (κ3) is 7.45. The van der Waals surface area contributed by atoms with Crippen molar-refractivity contribution in [2.45, 2.75) is 20.4 Å². The van der Waals surface area contributed by atoms with Crippen LogP contribution < -0.4 is 16.0 Å². The lowest BCUT2D eigenvalue weighted by atomic mass is 9.95. The van der Waals surface area contributed by atoms with Gasteiger partial charge in [-0.3, -0.25) is 9.59 Å². The minimum absolute atomic E-state index is 0.162. The van der Waals surface area contributed by atoms with Gasteiger partial charge in [-0.15, -0.1) is 0 Å². The van der Waals surface area contributed by atoms with Gasteiger partial charge in [0.05, 0.1) is 12.8 Å². The summed E-state index contributed by atoms with van der Waals surface area (Å²) in [5.74, 6) is 0.323. The van der Waals surface area contributed by atoms with Crippen molar-refractivity contribution < 1.29 is 18.4 Å². The molecule has 0 radical (unpaired) electrons. The highest BCUT2D eigenvalue weighted by atomic mass is 19.1. The molecule has 0 aliphatic carbocycles. The van der Waals surface area contributed by atoms with Gasteiger partial charge in [-0.05, 0) is 82.8 Å². The van der Waals surface area contributed by atoms with E-state index < -0.39 is 0 Å². The van der Waals surface area contributed by atoms with E-state index in [-0.39, 0.29) is 17.6 Å². The van der Waals surface area contributed by atoms with Crippen molar-refractivity contribution in [3.8, 4) is 11.1 Å². The van der Waals surface area contributed by atoms with Gasteiger partial charge >= 0.3 is 0 Å². The molecule has 4 rings (SSSR count). The summed E-state index contributed by atoms with van der Waals surface area (Å²) >= 11 is 0. The first-order chi connectivity index (χ1) is 18.8. The Morgan fingerprint density at radius 1 is 0.923 bits per heavy atom. The number of rotatable bonds is 10. The lowest BCUT2D eigenvalue weighted by Crippen LogP contribution is -2.27. The Morgan fingerprint density at radius 2 is 1.69 bits per heavy atom. The molecule has 0 atom stereocenters. The third-order valence-electron chi connectivity index (χ3n) is 6.07. The highest BCUT2D eigenvalue weighted by molar-refractivity contribution is 6.24. The van der Waals surface area contributed by atoms with Crippen molar-refractivity contribution in [1.29, 1.82) is 0 Å². The second kappa shape index (κ2) is 12.7. The molecule has 200 valence electrons. The first kappa shape index (κ1) is 27.4. The highest BCUT2D eigenvalue weighted by Gasteiger charge is 2.14. The highest BCUT2D eigenvalue weighted by Crippen LogP contribution is 2.29. The van der Waals surface area contributed by atoms with Crippen molar-refractivity contribution in [3.05, 3.63) is 113 Å². The fourth-order valence-electron chi connectivity index (χ4n) is 4.04. The van der Waals surface area contributed by atoms with E-state index in [4.69, 9.17) is 4.42 Å². The molecule has 0 aliphatic rings. The lowest BCUT2D eigenvalue weighted by molar-refractivity contribution is -0.115. The number of hydrogen-bond donors (Lipinski definition) is 3. The summed E-state index contributed by atoms with van der Waals surface area (Å²) in [5, 5.41) is 9.01. The Morgan fingerprint density at radius 3 is 2.38 bits per heavy atom. The quantitative estimate of drug-likeness (QED) is 0.166. The van der Waals surface area contributed by atoms with E-state index in [1.54, 1.807) is 31.5 Å². The van der Waals surface area contributed by atoms with E-state index in [1.165, 1.54) is 12.1 Å². The van der Waals surface area contributed by atoms with Gasteiger partial charge in [0.15, 0.2) is 0 Å². The summed E-state index contributed by atoms with van der Waals surface area (Å²) in [4.78, 5) is 25.8. The number of anilines is 1. The van der Waals surface area contributed by atoms with Crippen molar-refractivity contribution in [2.75, 3.05) is 18.9 Å². The molecule has 0 fully saturated rings. The van der Waals surface area contributed by atoms with E-state index in [0.717, 1.165) is 22.6 Å². The molecule has 0 unspecified atom stereocenters. The maximum absolute atomic E-state index is 13.4. The van der Waals surface area contributed by atoms with Crippen molar-refractivity contribution in [2.24, 2.45) is 5.92 Å². The normalized spacial score (nSPS) is 11.4. The Bertz CT molecular complexity index is 1460. The molecule has 6 nitrogen and oxygen atoms in total. The van der Waals surface area contributed by atoms with Crippen molar-refractivity contribution in [1.82, 2.24) is 10.6 Å². The molecular formula is C32H32FN3O3. The number of amides is 2. The lowest BCUT2D eigenvalue weighted by Gasteiger charge is -2.14. The number of halogens is 1. The van der Waals surface area contributed by atoms with Gasteiger partial charge in [0, 0.05) is 30.4 Å². The largest absolute Gasteiger partial charge is 0.467 e. The molecule has 0 bridgehead atoms. The minimum Gasteiger partial charge on any atom is -0.467 e.